The van der Waals surface area contributed by atoms with Crippen LogP contribution in [0.2, 0.25) is 0 Å². The quantitative estimate of drug-likeness (QED) is 0.401. The SMILES string of the molecule is O=C(N[C@H]1CC[C@H](NC(=O)c2cc(F)cnc2Oc2cccc(I)c2)CC1)c1cn2c(n1)CCCC2. The molecular formula is C26H27FIN5O3. The zero-order chi connectivity index (χ0) is 25.1. The molecule has 0 saturated heterocycles. The molecule has 0 bridgehead atoms. The van der Waals surface area contributed by atoms with E-state index in [0.717, 1.165) is 60.3 Å². The van der Waals surface area contributed by atoms with Crippen LogP contribution in [0.5, 0.6) is 11.6 Å². The maximum absolute atomic E-state index is 13.9. The molecule has 2 N–H and O–H groups in total. The number of fused-ring (bicyclic) bond motifs is 1. The number of ether oxygens (including phenoxy) is 1. The average Bonchev–Trinajstić information content (AvgIpc) is 3.31. The van der Waals surface area contributed by atoms with Crippen molar-refractivity contribution in [2.24, 2.45) is 0 Å². The zero-order valence-electron chi connectivity index (χ0n) is 19.7. The monoisotopic (exact) mass is 603 g/mol. The number of hydrogen-bond donors (Lipinski definition) is 2. The Hall–Kier alpha value is -3.02. The largest absolute Gasteiger partial charge is 0.438 e. The Labute approximate surface area is 222 Å². The number of rotatable bonds is 6. The molecule has 1 aromatic carbocycles. The van der Waals surface area contributed by atoms with Gasteiger partial charge in [0.05, 0.1) is 6.20 Å². The molecule has 3 aromatic rings. The molecule has 0 radical (unpaired) electrons. The number of nitrogens with zero attached hydrogens (tertiary/aromatic N) is 3. The highest BCUT2D eigenvalue weighted by molar-refractivity contribution is 14.1. The van der Waals surface area contributed by atoms with Crippen molar-refractivity contribution < 1.29 is 18.7 Å². The molecule has 3 heterocycles. The second-order valence-corrected chi connectivity index (χ2v) is 10.5. The van der Waals surface area contributed by atoms with E-state index in [1.807, 2.05) is 24.4 Å². The summed E-state index contributed by atoms with van der Waals surface area (Å²) in [6, 6.07) is 8.39. The summed E-state index contributed by atoms with van der Waals surface area (Å²) in [6.45, 7) is 0.915. The van der Waals surface area contributed by atoms with Crippen molar-refractivity contribution in [1.82, 2.24) is 25.2 Å². The fourth-order valence-corrected chi connectivity index (χ4v) is 5.25. The molecule has 36 heavy (non-hydrogen) atoms. The van der Waals surface area contributed by atoms with Gasteiger partial charge in [-0.05, 0) is 85.4 Å². The number of pyridine rings is 1. The first-order valence-electron chi connectivity index (χ1n) is 12.2. The van der Waals surface area contributed by atoms with E-state index in [4.69, 9.17) is 4.74 Å². The fourth-order valence-electron chi connectivity index (χ4n) is 4.74. The van der Waals surface area contributed by atoms with Crippen molar-refractivity contribution in [2.45, 2.75) is 63.6 Å². The first-order chi connectivity index (χ1) is 17.4. The van der Waals surface area contributed by atoms with E-state index in [1.54, 1.807) is 6.07 Å². The van der Waals surface area contributed by atoms with E-state index in [0.29, 0.717) is 24.3 Å². The van der Waals surface area contributed by atoms with Crippen LogP contribution in [-0.2, 0) is 13.0 Å². The van der Waals surface area contributed by atoms with Gasteiger partial charge in [-0.25, -0.2) is 14.4 Å². The Bertz CT molecular complexity index is 1250. The van der Waals surface area contributed by atoms with Gasteiger partial charge >= 0.3 is 0 Å². The van der Waals surface area contributed by atoms with Crippen molar-refractivity contribution in [3.63, 3.8) is 0 Å². The van der Waals surface area contributed by atoms with Gasteiger partial charge in [-0.15, -0.1) is 0 Å². The van der Waals surface area contributed by atoms with E-state index in [9.17, 15) is 14.0 Å². The molecule has 8 nitrogen and oxygen atoms in total. The fraction of sp³-hybridized carbons (Fsp3) is 0.385. The predicted octanol–water partition coefficient (Wildman–Crippen LogP) is 4.62. The molecule has 1 aliphatic carbocycles. The number of aromatic nitrogens is 3. The Balaban J connectivity index is 1.16. The van der Waals surface area contributed by atoms with E-state index < -0.39 is 11.7 Å². The molecule has 1 aliphatic heterocycles. The molecule has 0 spiro atoms. The number of carbonyl (C=O) groups is 2. The molecule has 188 valence electrons. The minimum atomic E-state index is -0.609. The number of halogens is 2. The standard InChI is InChI=1S/C26H27FIN5O3/c27-16-12-21(26(29-14-16)36-20-5-3-4-17(28)13-20)24(34)30-18-7-9-19(10-8-18)31-25(35)22-15-33-11-2-1-6-23(33)32-22/h3-5,12-15,18-19H,1-2,6-11H2,(H,30,34)(H,31,35)/t18-,19-. The lowest BCUT2D eigenvalue weighted by Crippen LogP contribution is -2.44. The van der Waals surface area contributed by atoms with Crippen LogP contribution in [0.4, 0.5) is 4.39 Å². The number of carbonyl (C=O) groups excluding carboxylic acids is 2. The Kier molecular flexibility index (Phi) is 7.49. The second-order valence-electron chi connectivity index (χ2n) is 9.25. The maximum Gasteiger partial charge on any atom is 0.271 e. The van der Waals surface area contributed by atoms with Crippen LogP contribution in [0.1, 0.15) is 65.2 Å². The molecule has 1 fully saturated rings. The normalized spacial score (nSPS) is 19.3. The summed E-state index contributed by atoms with van der Waals surface area (Å²) in [4.78, 5) is 34.2. The van der Waals surface area contributed by atoms with Gasteiger partial charge in [-0.3, -0.25) is 9.59 Å². The lowest BCUT2D eigenvalue weighted by Gasteiger charge is -2.29. The Morgan fingerprint density at radius 2 is 1.81 bits per heavy atom. The smallest absolute Gasteiger partial charge is 0.271 e. The molecule has 2 aliphatic rings. The Morgan fingerprint density at radius 3 is 2.53 bits per heavy atom. The van der Waals surface area contributed by atoms with E-state index in [2.05, 4.69) is 47.8 Å². The van der Waals surface area contributed by atoms with Crippen LogP contribution >= 0.6 is 22.6 Å². The topological polar surface area (TPSA) is 98.1 Å². The lowest BCUT2D eigenvalue weighted by atomic mass is 9.91. The van der Waals surface area contributed by atoms with Crippen molar-refractivity contribution in [1.29, 1.82) is 0 Å². The maximum atomic E-state index is 13.9. The molecule has 0 atom stereocenters. The van der Waals surface area contributed by atoms with Crippen LogP contribution < -0.4 is 15.4 Å². The molecule has 2 amide bonds. The van der Waals surface area contributed by atoms with E-state index in [1.165, 1.54) is 0 Å². The van der Waals surface area contributed by atoms with Gasteiger partial charge < -0.3 is 19.9 Å². The van der Waals surface area contributed by atoms with Gasteiger partial charge in [0, 0.05) is 34.8 Å². The second kappa shape index (κ2) is 10.9. The highest BCUT2D eigenvalue weighted by Crippen LogP contribution is 2.26. The number of imidazole rings is 1. The lowest BCUT2D eigenvalue weighted by molar-refractivity contribution is 0.0887. The van der Waals surface area contributed by atoms with Crippen molar-refractivity contribution >= 4 is 34.4 Å². The van der Waals surface area contributed by atoms with Crippen molar-refractivity contribution in [3.05, 3.63) is 69.2 Å². The number of amides is 2. The molecular weight excluding hydrogens is 576 g/mol. The van der Waals surface area contributed by atoms with Crippen molar-refractivity contribution in [3.8, 4) is 11.6 Å². The van der Waals surface area contributed by atoms with E-state index in [-0.39, 0.29) is 29.4 Å². The first-order valence-corrected chi connectivity index (χ1v) is 13.3. The molecule has 10 heteroatoms. The number of hydrogen-bond acceptors (Lipinski definition) is 5. The number of aryl methyl sites for hydroxylation is 2. The predicted molar refractivity (Wildman–Crippen MR) is 140 cm³/mol. The molecule has 1 saturated carbocycles. The number of benzene rings is 1. The van der Waals surface area contributed by atoms with Gasteiger partial charge in [-0.2, -0.15) is 0 Å². The number of nitrogens with one attached hydrogen (secondary N) is 2. The van der Waals surface area contributed by atoms with Gasteiger partial charge in [0.1, 0.15) is 28.6 Å². The van der Waals surface area contributed by atoms with Gasteiger partial charge in [0.2, 0.25) is 5.88 Å². The minimum Gasteiger partial charge on any atom is -0.438 e. The average molecular weight is 603 g/mol. The third-order valence-electron chi connectivity index (χ3n) is 6.61. The van der Waals surface area contributed by atoms with Crippen LogP contribution in [0.3, 0.4) is 0 Å². The molecule has 0 unspecified atom stereocenters. The Morgan fingerprint density at radius 1 is 1.06 bits per heavy atom. The van der Waals surface area contributed by atoms with E-state index >= 15 is 0 Å². The van der Waals surface area contributed by atoms with Crippen molar-refractivity contribution in [2.75, 3.05) is 0 Å². The summed E-state index contributed by atoms with van der Waals surface area (Å²) in [5, 5.41) is 6.07. The minimum absolute atomic E-state index is 0.0275. The van der Waals surface area contributed by atoms with Crippen LogP contribution in [-0.4, -0.2) is 38.4 Å². The van der Waals surface area contributed by atoms with Crippen LogP contribution in [0.25, 0.3) is 0 Å². The van der Waals surface area contributed by atoms with Gasteiger partial charge in [0.15, 0.2) is 0 Å². The molecule has 5 rings (SSSR count). The highest BCUT2D eigenvalue weighted by atomic mass is 127. The third-order valence-corrected chi connectivity index (χ3v) is 7.28. The summed E-state index contributed by atoms with van der Waals surface area (Å²) in [7, 11) is 0. The summed E-state index contributed by atoms with van der Waals surface area (Å²) in [5.41, 5.74) is 0.523. The summed E-state index contributed by atoms with van der Waals surface area (Å²) in [5.74, 6) is 0.369. The van der Waals surface area contributed by atoms with Crippen LogP contribution in [0, 0.1) is 9.39 Å². The summed E-state index contributed by atoms with van der Waals surface area (Å²) in [6.07, 6.45) is 8.89. The third kappa shape index (κ3) is 5.85. The van der Waals surface area contributed by atoms with Gasteiger partial charge in [0.25, 0.3) is 11.8 Å². The van der Waals surface area contributed by atoms with Gasteiger partial charge in [-0.1, -0.05) is 6.07 Å². The molecule has 2 aromatic heterocycles. The summed E-state index contributed by atoms with van der Waals surface area (Å²) < 4.78 is 22.8. The first kappa shape index (κ1) is 24.7. The summed E-state index contributed by atoms with van der Waals surface area (Å²) >= 11 is 2.16. The van der Waals surface area contributed by atoms with Crippen LogP contribution in [0.15, 0.2) is 42.7 Å². The zero-order valence-corrected chi connectivity index (χ0v) is 21.8. The highest BCUT2D eigenvalue weighted by Gasteiger charge is 2.27.